The molecule has 0 fully saturated rings. The molecule has 3 rings (SSSR count). The zero-order valence-electron chi connectivity index (χ0n) is 10.7. The molecule has 0 aromatic heterocycles. The number of para-hydroxylation sites is 2. The Bertz CT molecular complexity index is 599. The van der Waals surface area contributed by atoms with Gasteiger partial charge in [0, 0.05) is 5.92 Å². The zero-order valence-corrected chi connectivity index (χ0v) is 10.7. The number of carbonyl (C=O) groups is 1. The SMILES string of the molecule is CC1C=CC=CC1/C=C1/Oc2ccccc2NC1=O. The maximum absolute atomic E-state index is 12.0. The molecule has 1 amide bonds. The van der Waals surface area contributed by atoms with Crippen molar-refractivity contribution in [2.24, 2.45) is 11.8 Å². The molecule has 3 nitrogen and oxygen atoms in total. The van der Waals surface area contributed by atoms with E-state index in [1.165, 1.54) is 0 Å². The minimum absolute atomic E-state index is 0.186. The topological polar surface area (TPSA) is 38.3 Å². The Labute approximate surface area is 112 Å². The van der Waals surface area contributed by atoms with Gasteiger partial charge in [-0.05, 0) is 24.1 Å². The maximum Gasteiger partial charge on any atom is 0.291 e. The number of amides is 1. The van der Waals surface area contributed by atoms with Crippen LogP contribution in [0.5, 0.6) is 5.75 Å². The second kappa shape index (κ2) is 4.76. The molecule has 0 bridgehead atoms. The third-order valence-electron chi connectivity index (χ3n) is 3.39. The zero-order chi connectivity index (χ0) is 13.2. The molecule has 2 atom stereocenters. The summed E-state index contributed by atoms with van der Waals surface area (Å²) in [7, 11) is 0. The van der Waals surface area contributed by atoms with Crippen LogP contribution in [-0.2, 0) is 4.79 Å². The summed E-state index contributed by atoms with van der Waals surface area (Å²) in [6.07, 6.45) is 10.1. The number of nitrogens with one attached hydrogen (secondary N) is 1. The summed E-state index contributed by atoms with van der Waals surface area (Å²) in [6.45, 7) is 2.12. The summed E-state index contributed by atoms with van der Waals surface area (Å²) < 4.78 is 5.69. The van der Waals surface area contributed by atoms with Crippen LogP contribution in [0.1, 0.15) is 6.92 Å². The van der Waals surface area contributed by atoms with Gasteiger partial charge in [0.2, 0.25) is 0 Å². The van der Waals surface area contributed by atoms with E-state index in [0.29, 0.717) is 17.4 Å². The highest BCUT2D eigenvalue weighted by atomic mass is 16.5. The predicted octanol–water partition coefficient (Wildman–Crippen LogP) is 3.28. The molecule has 19 heavy (non-hydrogen) atoms. The van der Waals surface area contributed by atoms with Crippen molar-refractivity contribution in [3.8, 4) is 5.75 Å². The molecule has 0 spiro atoms. The van der Waals surface area contributed by atoms with Crippen LogP contribution in [0.2, 0.25) is 0 Å². The summed E-state index contributed by atoms with van der Waals surface area (Å²) in [4.78, 5) is 12.0. The van der Waals surface area contributed by atoms with E-state index in [4.69, 9.17) is 4.74 Å². The Morgan fingerprint density at radius 3 is 2.84 bits per heavy atom. The molecule has 0 saturated carbocycles. The van der Waals surface area contributed by atoms with Crippen molar-refractivity contribution in [2.75, 3.05) is 5.32 Å². The van der Waals surface area contributed by atoms with Gasteiger partial charge in [-0.2, -0.15) is 0 Å². The van der Waals surface area contributed by atoms with E-state index in [9.17, 15) is 4.79 Å². The number of benzene rings is 1. The van der Waals surface area contributed by atoms with E-state index in [2.05, 4.69) is 24.4 Å². The predicted molar refractivity (Wildman–Crippen MR) is 74.7 cm³/mol. The molecule has 1 aromatic rings. The minimum Gasteiger partial charge on any atom is -0.450 e. The molecule has 1 aromatic carbocycles. The van der Waals surface area contributed by atoms with E-state index < -0.39 is 0 Å². The van der Waals surface area contributed by atoms with Gasteiger partial charge in [-0.3, -0.25) is 4.79 Å². The van der Waals surface area contributed by atoms with Crippen LogP contribution < -0.4 is 10.1 Å². The van der Waals surface area contributed by atoms with Crippen molar-refractivity contribution in [1.82, 2.24) is 0 Å². The Morgan fingerprint density at radius 1 is 1.21 bits per heavy atom. The van der Waals surface area contributed by atoms with Crippen LogP contribution in [0.15, 0.2) is 60.4 Å². The second-order valence-electron chi connectivity index (χ2n) is 4.79. The smallest absolute Gasteiger partial charge is 0.291 e. The number of fused-ring (bicyclic) bond motifs is 1. The lowest BCUT2D eigenvalue weighted by Gasteiger charge is -2.22. The van der Waals surface area contributed by atoms with Gasteiger partial charge in [0.25, 0.3) is 5.91 Å². The summed E-state index contributed by atoms with van der Waals surface area (Å²) in [6, 6.07) is 7.44. The molecule has 2 aliphatic rings. The molecular formula is C16H15NO2. The van der Waals surface area contributed by atoms with Crippen molar-refractivity contribution < 1.29 is 9.53 Å². The van der Waals surface area contributed by atoms with Crippen LogP contribution >= 0.6 is 0 Å². The van der Waals surface area contributed by atoms with Crippen molar-refractivity contribution in [3.63, 3.8) is 0 Å². The lowest BCUT2D eigenvalue weighted by atomic mass is 9.89. The van der Waals surface area contributed by atoms with Gasteiger partial charge in [-0.15, -0.1) is 0 Å². The molecule has 3 heteroatoms. The molecule has 1 heterocycles. The van der Waals surface area contributed by atoms with Crippen molar-refractivity contribution in [3.05, 3.63) is 60.4 Å². The molecule has 2 unspecified atom stereocenters. The Balaban J connectivity index is 1.88. The fourth-order valence-electron chi connectivity index (χ4n) is 2.23. The number of carbonyl (C=O) groups excluding carboxylic acids is 1. The van der Waals surface area contributed by atoms with Gasteiger partial charge in [-0.1, -0.05) is 43.4 Å². The van der Waals surface area contributed by atoms with Crippen LogP contribution in [0.25, 0.3) is 0 Å². The van der Waals surface area contributed by atoms with Crippen LogP contribution in [0, 0.1) is 11.8 Å². The third-order valence-corrected chi connectivity index (χ3v) is 3.39. The number of allylic oxidation sites excluding steroid dienone is 5. The fourth-order valence-corrected chi connectivity index (χ4v) is 2.23. The van der Waals surface area contributed by atoms with Crippen molar-refractivity contribution in [2.45, 2.75) is 6.92 Å². The third kappa shape index (κ3) is 2.32. The molecule has 1 aliphatic heterocycles. The van der Waals surface area contributed by atoms with E-state index in [-0.39, 0.29) is 11.8 Å². The van der Waals surface area contributed by atoms with E-state index in [1.54, 1.807) is 0 Å². The molecule has 96 valence electrons. The highest BCUT2D eigenvalue weighted by Gasteiger charge is 2.23. The molecule has 1 aliphatic carbocycles. The minimum atomic E-state index is -0.186. The summed E-state index contributed by atoms with van der Waals surface area (Å²) >= 11 is 0. The van der Waals surface area contributed by atoms with E-state index >= 15 is 0 Å². The lowest BCUT2D eigenvalue weighted by Crippen LogP contribution is -2.24. The first-order valence-electron chi connectivity index (χ1n) is 6.39. The quantitative estimate of drug-likeness (QED) is 0.780. The first-order chi connectivity index (χ1) is 9.24. The highest BCUT2D eigenvalue weighted by Crippen LogP contribution is 2.31. The number of ether oxygens (including phenoxy) is 1. The maximum atomic E-state index is 12.0. The Morgan fingerprint density at radius 2 is 2.00 bits per heavy atom. The van der Waals surface area contributed by atoms with Gasteiger partial charge in [0.15, 0.2) is 11.5 Å². The molecule has 1 N–H and O–H groups in total. The Hall–Kier alpha value is -2.29. The summed E-state index contributed by atoms with van der Waals surface area (Å²) in [5, 5.41) is 2.84. The van der Waals surface area contributed by atoms with E-state index in [1.807, 2.05) is 42.5 Å². The number of rotatable bonds is 1. The van der Waals surface area contributed by atoms with Gasteiger partial charge in [-0.25, -0.2) is 0 Å². The number of anilines is 1. The van der Waals surface area contributed by atoms with Gasteiger partial charge < -0.3 is 10.1 Å². The van der Waals surface area contributed by atoms with Gasteiger partial charge >= 0.3 is 0 Å². The molecule has 0 radical (unpaired) electrons. The van der Waals surface area contributed by atoms with Crippen LogP contribution in [0.3, 0.4) is 0 Å². The van der Waals surface area contributed by atoms with Crippen molar-refractivity contribution >= 4 is 11.6 Å². The van der Waals surface area contributed by atoms with E-state index in [0.717, 1.165) is 5.69 Å². The normalized spacial score (nSPS) is 26.8. The summed E-state index contributed by atoms with van der Waals surface area (Å²) in [5.41, 5.74) is 0.719. The second-order valence-corrected chi connectivity index (χ2v) is 4.79. The average molecular weight is 253 g/mol. The molecule has 0 saturated heterocycles. The standard InChI is InChI=1S/C16H15NO2/c1-11-6-2-3-7-12(11)10-15-16(18)17-13-8-4-5-9-14(13)19-15/h2-12H,1H3,(H,17,18)/b15-10+. The van der Waals surface area contributed by atoms with Crippen LogP contribution in [-0.4, -0.2) is 5.91 Å². The van der Waals surface area contributed by atoms with Crippen LogP contribution in [0.4, 0.5) is 5.69 Å². The summed E-state index contributed by atoms with van der Waals surface area (Å²) in [5.74, 6) is 1.43. The number of hydrogen-bond acceptors (Lipinski definition) is 2. The van der Waals surface area contributed by atoms with Gasteiger partial charge in [0.1, 0.15) is 0 Å². The number of hydrogen-bond donors (Lipinski definition) is 1. The fraction of sp³-hybridized carbons (Fsp3) is 0.188. The largest absolute Gasteiger partial charge is 0.450 e. The highest BCUT2D eigenvalue weighted by molar-refractivity contribution is 6.05. The average Bonchev–Trinajstić information content (AvgIpc) is 2.42. The Kier molecular flexibility index (Phi) is 2.95. The van der Waals surface area contributed by atoms with Gasteiger partial charge in [0.05, 0.1) is 5.69 Å². The monoisotopic (exact) mass is 253 g/mol. The first kappa shape index (κ1) is 11.8. The first-order valence-corrected chi connectivity index (χ1v) is 6.39. The lowest BCUT2D eigenvalue weighted by molar-refractivity contribution is -0.115. The molecular weight excluding hydrogens is 238 g/mol. The van der Waals surface area contributed by atoms with Crippen molar-refractivity contribution in [1.29, 1.82) is 0 Å².